The lowest BCUT2D eigenvalue weighted by atomic mass is 10.1. The highest BCUT2D eigenvalue weighted by molar-refractivity contribution is 6.11. The molecule has 0 saturated carbocycles. The summed E-state index contributed by atoms with van der Waals surface area (Å²) in [5.74, 6) is 0.267. The average Bonchev–Trinajstić information content (AvgIpc) is 3.45. The van der Waals surface area contributed by atoms with Gasteiger partial charge in [0.25, 0.3) is 5.91 Å². The Labute approximate surface area is 192 Å². The fraction of sp³-hybridized carbons (Fsp3) is 0.231. The van der Waals surface area contributed by atoms with Crippen LogP contribution in [0.25, 0.3) is 11.0 Å². The number of carbonyl (C=O) groups excluding carboxylic acids is 2. The van der Waals surface area contributed by atoms with Crippen LogP contribution in [0.2, 0.25) is 0 Å². The Bertz CT molecular complexity index is 1210. The van der Waals surface area contributed by atoms with Crippen molar-refractivity contribution in [2.45, 2.75) is 13.0 Å². The number of fused-ring (bicyclic) bond motifs is 1. The first-order valence-corrected chi connectivity index (χ1v) is 10.8. The first-order chi connectivity index (χ1) is 16.0. The highest BCUT2D eigenvalue weighted by atomic mass is 16.4. The van der Waals surface area contributed by atoms with Crippen LogP contribution in [-0.2, 0) is 17.8 Å². The largest absolute Gasteiger partial charge is 0.467 e. The normalized spacial score (nSPS) is 11.1. The molecule has 2 amide bonds. The number of anilines is 1. The molecule has 0 saturated heterocycles. The van der Waals surface area contributed by atoms with E-state index in [9.17, 15) is 9.59 Å². The van der Waals surface area contributed by atoms with Gasteiger partial charge < -0.3 is 24.0 Å². The zero-order valence-corrected chi connectivity index (χ0v) is 18.8. The van der Waals surface area contributed by atoms with Gasteiger partial charge in [0.1, 0.15) is 17.0 Å². The van der Waals surface area contributed by atoms with Crippen LogP contribution in [0.15, 0.2) is 81.8 Å². The summed E-state index contributed by atoms with van der Waals surface area (Å²) in [7, 11) is 3.90. The molecule has 4 aromatic rings. The predicted molar refractivity (Wildman–Crippen MR) is 127 cm³/mol. The Morgan fingerprint density at radius 3 is 2.39 bits per heavy atom. The quantitative estimate of drug-likeness (QED) is 0.413. The molecular formula is C26H27N3O4. The van der Waals surface area contributed by atoms with Gasteiger partial charge in [0.05, 0.1) is 19.2 Å². The minimum atomic E-state index is -0.306. The molecule has 2 heterocycles. The third-order valence-electron chi connectivity index (χ3n) is 5.29. The summed E-state index contributed by atoms with van der Waals surface area (Å²) >= 11 is 0. The van der Waals surface area contributed by atoms with E-state index in [1.807, 2.05) is 73.6 Å². The summed E-state index contributed by atoms with van der Waals surface area (Å²) in [6.07, 6.45) is 1.78. The lowest BCUT2D eigenvalue weighted by molar-refractivity contribution is -0.115. The van der Waals surface area contributed by atoms with Gasteiger partial charge in [-0.1, -0.05) is 42.5 Å². The smallest absolute Gasteiger partial charge is 0.292 e. The summed E-state index contributed by atoms with van der Waals surface area (Å²) in [6, 6.07) is 20.4. The molecule has 0 spiro atoms. The molecule has 0 fully saturated rings. The minimum Gasteiger partial charge on any atom is -0.467 e. The molecular weight excluding hydrogens is 418 g/mol. The highest BCUT2D eigenvalue weighted by Gasteiger charge is 2.27. The Balaban J connectivity index is 1.64. The molecule has 1 N–H and O–H groups in total. The van der Waals surface area contributed by atoms with Gasteiger partial charge >= 0.3 is 0 Å². The molecule has 2 aromatic heterocycles. The maximum atomic E-state index is 13.6. The first kappa shape index (κ1) is 22.4. The monoisotopic (exact) mass is 445 g/mol. The third kappa shape index (κ3) is 5.51. The van der Waals surface area contributed by atoms with E-state index in [-0.39, 0.29) is 24.0 Å². The zero-order chi connectivity index (χ0) is 23.2. The molecule has 2 aromatic carbocycles. The number of furan rings is 2. The Morgan fingerprint density at radius 2 is 1.67 bits per heavy atom. The van der Waals surface area contributed by atoms with Crippen LogP contribution in [0.3, 0.4) is 0 Å². The highest BCUT2D eigenvalue weighted by Crippen LogP contribution is 2.32. The Kier molecular flexibility index (Phi) is 6.90. The molecule has 0 aliphatic carbocycles. The number of carbonyl (C=O) groups is 2. The standard InChI is InChI=1S/C26H27N3O4/c1-28(2)14-15-29(18-20-11-8-16-32-20)26(31)25-24(21-12-6-7-13-22(21)33-25)27-23(30)17-19-9-4-3-5-10-19/h3-13,16H,14-15,17-18H2,1-2H3,(H,27,30). The van der Waals surface area contributed by atoms with Gasteiger partial charge in [-0.05, 0) is 43.9 Å². The van der Waals surface area contributed by atoms with Crippen molar-refractivity contribution in [3.8, 4) is 0 Å². The maximum absolute atomic E-state index is 13.6. The lowest BCUT2D eigenvalue weighted by Gasteiger charge is -2.23. The Morgan fingerprint density at radius 1 is 0.909 bits per heavy atom. The average molecular weight is 446 g/mol. The fourth-order valence-corrected chi connectivity index (χ4v) is 3.59. The van der Waals surface area contributed by atoms with Crippen LogP contribution in [0.1, 0.15) is 21.9 Å². The topological polar surface area (TPSA) is 78.9 Å². The second-order valence-corrected chi connectivity index (χ2v) is 8.12. The van der Waals surface area contributed by atoms with Crippen molar-refractivity contribution < 1.29 is 18.4 Å². The van der Waals surface area contributed by atoms with Gasteiger partial charge in [0.15, 0.2) is 0 Å². The van der Waals surface area contributed by atoms with Crippen LogP contribution >= 0.6 is 0 Å². The van der Waals surface area contributed by atoms with Gasteiger partial charge in [0.2, 0.25) is 11.7 Å². The van der Waals surface area contributed by atoms with Crippen molar-refractivity contribution in [3.63, 3.8) is 0 Å². The predicted octanol–water partition coefficient (Wildman–Crippen LogP) is 4.41. The van der Waals surface area contributed by atoms with E-state index >= 15 is 0 Å². The molecule has 0 aliphatic rings. The number of para-hydroxylation sites is 1. The summed E-state index contributed by atoms with van der Waals surface area (Å²) in [5.41, 5.74) is 1.83. The van der Waals surface area contributed by atoms with E-state index in [0.29, 0.717) is 42.1 Å². The Hall–Kier alpha value is -3.84. The molecule has 0 aliphatic heterocycles. The number of hydrogen-bond acceptors (Lipinski definition) is 5. The van der Waals surface area contributed by atoms with Crippen molar-refractivity contribution in [1.82, 2.24) is 9.80 Å². The van der Waals surface area contributed by atoms with Crippen LogP contribution in [0.4, 0.5) is 5.69 Å². The molecule has 0 atom stereocenters. The molecule has 170 valence electrons. The van der Waals surface area contributed by atoms with Crippen molar-refractivity contribution in [1.29, 1.82) is 0 Å². The molecule has 7 heteroatoms. The van der Waals surface area contributed by atoms with Crippen LogP contribution < -0.4 is 5.32 Å². The first-order valence-electron chi connectivity index (χ1n) is 10.8. The van der Waals surface area contributed by atoms with E-state index in [2.05, 4.69) is 5.32 Å². The molecule has 0 unspecified atom stereocenters. The van der Waals surface area contributed by atoms with Crippen LogP contribution in [-0.4, -0.2) is 48.8 Å². The van der Waals surface area contributed by atoms with Gasteiger partial charge in [-0.3, -0.25) is 9.59 Å². The summed E-state index contributed by atoms with van der Waals surface area (Å²) in [6.45, 7) is 1.44. The van der Waals surface area contributed by atoms with E-state index in [1.165, 1.54) is 0 Å². The van der Waals surface area contributed by atoms with Gasteiger partial charge in [-0.15, -0.1) is 0 Å². The van der Waals surface area contributed by atoms with Crippen molar-refractivity contribution >= 4 is 28.5 Å². The number of amides is 2. The van der Waals surface area contributed by atoms with Crippen molar-refractivity contribution in [3.05, 3.63) is 90.1 Å². The lowest BCUT2D eigenvalue weighted by Crippen LogP contribution is -2.36. The van der Waals surface area contributed by atoms with E-state index in [4.69, 9.17) is 8.83 Å². The van der Waals surface area contributed by atoms with Gasteiger partial charge in [0, 0.05) is 18.5 Å². The zero-order valence-electron chi connectivity index (χ0n) is 18.8. The number of hydrogen-bond donors (Lipinski definition) is 1. The maximum Gasteiger partial charge on any atom is 0.292 e. The SMILES string of the molecule is CN(C)CCN(Cc1ccco1)C(=O)c1oc2ccccc2c1NC(=O)Cc1ccccc1. The summed E-state index contributed by atoms with van der Waals surface area (Å²) in [5, 5.41) is 3.62. The third-order valence-corrected chi connectivity index (χ3v) is 5.29. The summed E-state index contributed by atoms with van der Waals surface area (Å²) < 4.78 is 11.4. The van der Waals surface area contributed by atoms with E-state index < -0.39 is 0 Å². The number of rotatable bonds is 9. The second-order valence-electron chi connectivity index (χ2n) is 8.12. The number of likely N-dealkylation sites (N-methyl/N-ethyl adjacent to an activating group) is 1. The fourth-order valence-electron chi connectivity index (χ4n) is 3.59. The number of nitrogens with zero attached hydrogens (tertiary/aromatic N) is 2. The van der Waals surface area contributed by atoms with Crippen molar-refractivity contribution in [2.24, 2.45) is 0 Å². The summed E-state index contributed by atoms with van der Waals surface area (Å²) in [4.78, 5) is 30.1. The molecule has 0 radical (unpaired) electrons. The molecule has 33 heavy (non-hydrogen) atoms. The minimum absolute atomic E-state index is 0.114. The molecule has 4 rings (SSSR count). The molecule has 7 nitrogen and oxygen atoms in total. The van der Waals surface area contributed by atoms with E-state index in [0.717, 1.165) is 5.56 Å². The van der Waals surface area contributed by atoms with E-state index in [1.54, 1.807) is 23.3 Å². The van der Waals surface area contributed by atoms with Crippen LogP contribution in [0, 0.1) is 0 Å². The van der Waals surface area contributed by atoms with Crippen LogP contribution in [0.5, 0.6) is 0 Å². The van der Waals surface area contributed by atoms with Gasteiger partial charge in [-0.25, -0.2) is 0 Å². The van der Waals surface area contributed by atoms with Crippen molar-refractivity contribution in [2.75, 3.05) is 32.5 Å². The number of benzene rings is 2. The second kappa shape index (κ2) is 10.2. The number of nitrogens with one attached hydrogen (secondary N) is 1. The molecule has 0 bridgehead atoms. The van der Waals surface area contributed by atoms with Gasteiger partial charge in [-0.2, -0.15) is 0 Å².